The first-order valence-electron chi connectivity index (χ1n) is 6.32. The Morgan fingerprint density at radius 3 is 2.52 bits per heavy atom. The average molecular weight is 319 g/mol. The van der Waals surface area contributed by atoms with Gasteiger partial charge in [0.2, 0.25) is 0 Å². The summed E-state index contributed by atoms with van der Waals surface area (Å²) in [5.74, 6) is 1.22. The molecule has 0 aliphatic carbocycles. The molecule has 0 saturated carbocycles. The number of ether oxygens (including phenoxy) is 1. The molecule has 0 atom stereocenters. The van der Waals surface area contributed by atoms with Crippen molar-refractivity contribution in [2.24, 2.45) is 0 Å². The molecule has 0 bridgehead atoms. The van der Waals surface area contributed by atoms with Gasteiger partial charge in [-0.25, -0.2) is 0 Å². The molecule has 3 nitrogen and oxygen atoms in total. The molecule has 0 radical (unpaired) electrons. The zero-order chi connectivity index (χ0) is 15.0. The first kappa shape index (κ1) is 14.0. The minimum absolute atomic E-state index is 0.457. The number of aromatic nitrogens is 1. The maximum absolute atomic E-state index is 6.15. The molecule has 0 unspecified atom stereocenters. The topological polar surface area (TPSA) is 48.1 Å². The van der Waals surface area contributed by atoms with E-state index in [0.717, 1.165) is 16.5 Å². The highest BCUT2D eigenvalue weighted by Gasteiger charge is 2.09. The lowest BCUT2D eigenvalue weighted by atomic mass is 10.1. The number of nitrogens with two attached hydrogens (primary N) is 1. The minimum Gasteiger partial charge on any atom is -0.455 e. The Kier molecular flexibility index (Phi) is 3.62. The summed E-state index contributed by atoms with van der Waals surface area (Å²) in [4.78, 5) is 4.27. The second-order valence-corrected chi connectivity index (χ2v) is 5.54. The van der Waals surface area contributed by atoms with E-state index in [0.29, 0.717) is 27.2 Å². The third-order valence-corrected chi connectivity index (χ3v) is 3.68. The summed E-state index contributed by atoms with van der Waals surface area (Å²) in [6.07, 6.45) is 1.75. The summed E-state index contributed by atoms with van der Waals surface area (Å²) in [6, 6.07) is 10.7. The molecule has 21 heavy (non-hydrogen) atoms. The van der Waals surface area contributed by atoms with Gasteiger partial charge in [0, 0.05) is 33.4 Å². The number of pyridine rings is 1. The predicted molar refractivity (Wildman–Crippen MR) is 87.4 cm³/mol. The highest BCUT2D eigenvalue weighted by molar-refractivity contribution is 6.35. The molecule has 1 heterocycles. The van der Waals surface area contributed by atoms with E-state index in [1.165, 1.54) is 0 Å². The Bertz CT molecular complexity index is 834. The zero-order valence-electron chi connectivity index (χ0n) is 11.2. The lowest BCUT2D eigenvalue weighted by molar-refractivity contribution is 0.488. The standard InChI is InChI=1S/C16H12Cl2N2O/c1-9-6-11-12(8-20-9)14(19)3-5-15(11)21-16-4-2-10(17)7-13(16)18/h2-8H,19H2,1H3. The van der Waals surface area contributed by atoms with Gasteiger partial charge in [-0.15, -0.1) is 0 Å². The minimum atomic E-state index is 0.457. The van der Waals surface area contributed by atoms with Gasteiger partial charge in [0.1, 0.15) is 11.5 Å². The Morgan fingerprint density at radius 1 is 1.00 bits per heavy atom. The maximum Gasteiger partial charge on any atom is 0.146 e. The number of halogens is 2. The number of hydrogen-bond donors (Lipinski definition) is 1. The summed E-state index contributed by atoms with van der Waals surface area (Å²) in [7, 11) is 0. The van der Waals surface area contributed by atoms with Crippen LogP contribution in [-0.2, 0) is 0 Å². The van der Waals surface area contributed by atoms with Gasteiger partial charge in [0.25, 0.3) is 0 Å². The lowest BCUT2D eigenvalue weighted by Gasteiger charge is -2.12. The summed E-state index contributed by atoms with van der Waals surface area (Å²) in [6.45, 7) is 1.92. The van der Waals surface area contributed by atoms with Crippen LogP contribution in [0, 0.1) is 6.92 Å². The molecule has 3 aromatic rings. The van der Waals surface area contributed by atoms with Crippen molar-refractivity contribution in [3.05, 3.63) is 58.3 Å². The first-order valence-corrected chi connectivity index (χ1v) is 7.08. The van der Waals surface area contributed by atoms with Crippen molar-refractivity contribution in [3.8, 4) is 11.5 Å². The highest BCUT2D eigenvalue weighted by atomic mass is 35.5. The van der Waals surface area contributed by atoms with Crippen LogP contribution in [0.2, 0.25) is 10.0 Å². The van der Waals surface area contributed by atoms with Crippen LogP contribution >= 0.6 is 23.2 Å². The van der Waals surface area contributed by atoms with E-state index in [1.54, 1.807) is 30.5 Å². The average Bonchev–Trinajstić information content (AvgIpc) is 2.44. The van der Waals surface area contributed by atoms with E-state index in [-0.39, 0.29) is 0 Å². The molecular weight excluding hydrogens is 307 g/mol. The Labute approximate surface area is 132 Å². The number of fused-ring (bicyclic) bond motifs is 1. The van der Waals surface area contributed by atoms with E-state index >= 15 is 0 Å². The van der Waals surface area contributed by atoms with Crippen molar-refractivity contribution in [2.75, 3.05) is 5.73 Å². The van der Waals surface area contributed by atoms with Crippen LogP contribution in [0.1, 0.15) is 5.69 Å². The molecule has 0 aliphatic heterocycles. The number of aryl methyl sites for hydroxylation is 1. The number of anilines is 1. The summed E-state index contributed by atoms with van der Waals surface area (Å²) >= 11 is 12.0. The third-order valence-electron chi connectivity index (χ3n) is 3.15. The molecule has 0 aliphatic rings. The molecule has 0 amide bonds. The van der Waals surface area contributed by atoms with Gasteiger partial charge in [0.15, 0.2) is 0 Å². The number of benzene rings is 2. The van der Waals surface area contributed by atoms with Crippen LogP contribution in [-0.4, -0.2) is 4.98 Å². The first-order chi connectivity index (χ1) is 10.0. The van der Waals surface area contributed by atoms with E-state index in [2.05, 4.69) is 4.98 Å². The molecule has 2 N–H and O–H groups in total. The van der Waals surface area contributed by atoms with E-state index in [4.69, 9.17) is 33.7 Å². The fraction of sp³-hybridized carbons (Fsp3) is 0.0625. The fourth-order valence-corrected chi connectivity index (χ4v) is 2.55. The van der Waals surface area contributed by atoms with Crippen LogP contribution < -0.4 is 10.5 Å². The van der Waals surface area contributed by atoms with Gasteiger partial charge in [-0.1, -0.05) is 23.2 Å². The van der Waals surface area contributed by atoms with Crippen molar-refractivity contribution >= 4 is 39.7 Å². The van der Waals surface area contributed by atoms with Crippen molar-refractivity contribution in [1.82, 2.24) is 4.98 Å². The quantitative estimate of drug-likeness (QED) is 0.658. The van der Waals surface area contributed by atoms with Crippen LogP contribution in [0.3, 0.4) is 0 Å². The molecule has 5 heteroatoms. The molecule has 1 aromatic heterocycles. The van der Waals surface area contributed by atoms with Gasteiger partial charge in [-0.3, -0.25) is 4.98 Å². The normalized spacial score (nSPS) is 10.8. The molecule has 0 saturated heterocycles. The largest absolute Gasteiger partial charge is 0.455 e. The summed E-state index contributed by atoms with van der Waals surface area (Å²) < 4.78 is 5.91. The van der Waals surface area contributed by atoms with Crippen LogP contribution in [0.5, 0.6) is 11.5 Å². The van der Waals surface area contributed by atoms with Crippen LogP contribution in [0.4, 0.5) is 5.69 Å². The third kappa shape index (κ3) is 2.75. The maximum atomic E-state index is 6.15. The van der Waals surface area contributed by atoms with Gasteiger partial charge in [-0.05, 0) is 43.3 Å². The monoisotopic (exact) mass is 318 g/mol. The Balaban J connectivity index is 2.12. The SMILES string of the molecule is Cc1cc2c(Oc3ccc(Cl)cc3Cl)ccc(N)c2cn1. The van der Waals surface area contributed by atoms with Crippen LogP contribution in [0.25, 0.3) is 10.8 Å². The smallest absolute Gasteiger partial charge is 0.146 e. The predicted octanol–water partition coefficient (Wildman–Crippen LogP) is 5.22. The van der Waals surface area contributed by atoms with Crippen molar-refractivity contribution < 1.29 is 4.74 Å². The van der Waals surface area contributed by atoms with E-state index < -0.39 is 0 Å². The van der Waals surface area contributed by atoms with Gasteiger partial charge < -0.3 is 10.5 Å². The molecular formula is C16H12Cl2N2O. The Morgan fingerprint density at radius 2 is 1.76 bits per heavy atom. The van der Waals surface area contributed by atoms with Gasteiger partial charge in [-0.2, -0.15) is 0 Å². The van der Waals surface area contributed by atoms with Crippen molar-refractivity contribution in [1.29, 1.82) is 0 Å². The number of nitrogens with zero attached hydrogens (tertiary/aromatic N) is 1. The summed E-state index contributed by atoms with van der Waals surface area (Å²) in [5.41, 5.74) is 7.53. The molecule has 2 aromatic carbocycles. The van der Waals surface area contributed by atoms with E-state index in [1.807, 2.05) is 19.1 Å². The second kappa shape index (κ2) is 5.43. The molecule has 0 spiro atoms. The fourth-order valence-electron chi connectivity index (χ4n) is 2.10. The molecule has 3 rings (SSSR count). The summed E-state index contributed by atoms with van der Waals surface area (Å²) in [5, 5.41) is 2.77. The lowest BCUT2D eigenvalue weighted by Crippen LogP contribution is -1.93. The van der Waals surface area contributed by atoms with Crippen molar-refractivity contribution in [2.45, 2.75) is 6.92 Å². The second-order valence-electron chi connectivity index (χ2n) is 4.70. The van der Waals surface area contributed by atoms with Crippen molar-refractivity contribution in [3.63, 3.8) is 0 Å². The number of hydrogen-bond acceptors (Lipinski definition) is 3. The number of rotatable bonds is 2. The number of nitrogen functional groups attached to an aromatic ring is 1. The van der Waals surface area contributed by atoms with E-state index in [9.17, 15) is 0 Å². The van der Waals surface area contributed by atoms with Gasteiger partial charge >= 0.3 is 0 Å². The van der Waals surface area contributed by atoms with Crippen LogP contribution in [0.15, 0.2) is 42.6 Å². The molecule has 0 fully saturated rings. The zero-order valence-corrected chi connectivity index (χ0v) is 12.7. The molecule has 106 valence electrons. The Hall–Kier alpha value is -1.97. The highest BCUT2D eigenvalue weighted by Crippen LogP contribution is 2.36. The van der Waals surface area contributed by atoms with Gasteiger partial charge in [0.05, 0.1) is 5.02 Å².